The van der Waals surface area contributed by atoms with Gasteiger partial charge < -0.3 is 19.4 Å². The van der Waals surface area contributed by atoms with Gasteiger partial charge in [0, 0.05) is 44.1 Å². The molecule has 37 heavy (non-hydrogen) atoms. The standard InChI is InChI=1S/C25H34N8O4/c1-18-5-6-20(37-18)23-28-30-33(29-23)17-21(34)32(12-11-31-13-15-36-16-14-31)22(19-7-9-26-10-8-19)24(35)27-25(2,3)4/h5-10,22H,11-17H2,1-4H3,(H,27,35). The summed E-state index contributed by atoms with van der Waals surface area (Å²) >= 11 is 0. The molecule has 1 N–H and O–H groups in total. The molecular weight excluding hydrogens is 476 g/mol. The molecule has 3 aromatic heterocycles. The molecule has 0 aromatic carbocycles. The Morgan fingerprint density at radius 3 is 2.51 bits per heavy atom. The lowest BCUT2D eigenvalue weighted by Crippen LogP contribution is -2.52. The van der Waals surface area contributed by atoms with Crippen LogP contribution in [0.2, 0.25) is 0 Å². The van der Waals surface area contributed by atoms with Crippen LogP contribution in [0.3, 0.4) is 0 Å². The Bertz CT molecular complexity index is 1180. The number of carbonyl (C=O) groups excluding carboxylic acids is 2. The summed E-state index contributed by atoms with van der Waals surface area (Å²) in [5, 5.41) is 15.4. The summed E-state index contributed by atoms with van der Waals surface area (Å²) in [7, 11) is 0. The van der Waals surface area contributed by atoms with Crippen LogP contribution in [0, 0.1) is 6.92 Å². The molecule has 198 valence electrons. The first-order valence-electron chi connectivity index (χ1n) is 12.4. The number of hydrogen-bond acceptors (Lipinski definition) is 9. The van der Waals surface area contributed by atoms with Crippen LogP contribution in [0.15, 0.2) is 41.1 Å². The number of morpholine rings is 1. The Morgan fingerprint density at radius 2 is 1.86 bits per heavy atom. The molecule has 4 rings (SSSR count). The maximum atomic E-state index is 13.8. The van der Waals surface area contributed by atoms with E-state index in [1.54, 1.807) is 35.5 Å². The SMILES string of the molecule is Cc1ccc(-c2nnn(CC(=O)N(CCN3CCOCC3)C(C(=O)NC(C)(C)C)c3ccncc3)n2)o1. The van der Waals surface area contributed by atoms with E-state index < -0.39 is 11.6 Å². The van der Waals surface area contributed by atoms with Crippen LogP contribution in [0.4, 0.5) is 0 Å². The van der Waals surface area contributed by atoms with E-state index in [4.69, 9.17) is 9.15 Å². The van der Waals surface area contributed by atoms with Gasteiger partial charge in [0.05, 0.1) is 13.2 Å². The minimum absolute atomic E-state index is 0.180. The molecule has 0 radical (unpaired) electrons. The summed E-state index contributed by atoms with van der Waals surface area (Å²) in [4.78, 5) is 36.5. The number of aromatic nitrogens is 5. The summed E-state index contributed by atoms with van der Waals surface area (Å²) in [6.45, 7) is 11.1. The van der Waals surface area contributed by atoms with E-state index in [9.17, 15) is 9.59 Å². The number of carbonyl (C=O) groups is 2. The smallest absolute Gasteiger partial charge is 0.247 e. The number of ether oxygens (including phenoxy) is 1. The van der Waals surface area contributed by atoms with Crippen molar-refractivity contribution in [2.45, 2.75) is 45.8 Å². The zero-order valence-corrected chi connectivity index (χ0v) is 21.8. The maximum Gasteiger partial charge on any atom is 0.247 e. The highest BCUT2D eigenvalue weighted by molar-refractivity contribution is 5.89. The molecule has 0 spiro atoms. The molecule has 1 aliphatic heterocycles. The fourth-order valence-electron chi connectivity index (χ4n) is 4.10. The molecule has 1 aliphatic rings. The van der Waals surface area contributed by atoms with Crippen molar-refractivity contribution in [3.63, 3.8) is 0 Å². The lowest BCUT2D eigenvalue weighted by atomic mass is 10.0. The topological polar surface area (TPSA) is 132 Å². The highest BCUT2D eigenvalue weighted by atomic mass is 16.5. The average Bonchev–Trinajstić information content (AvgIpc) is 3.50. The highest BCUT2D eigenvalue weighted by Gasteiger charge is 2.34. The number of pyridine rings is 1. The molecular formula is C25H34N8O4. The quantitative estimate of drug-likeness (QED) is 0.454. The van der Waals surface area contributed by atoms with Crippen molar-refractivity contribution in [2.24, 2.45) is 0 Å². The van der Waals surface area contributed by atoms with Gasteiger partial charge in [0.25, 0.3) is 0 Å². The first kappa shape index (κ1) is 26.4. The predicted octanol–water partition coefficient (Wildman–Crippen LogP) is 1.45. The van der Waals surface area contributed by atoms with Crippen LogP contribution in [0.1, 0.15) is 38.1 Å². The van der Waals surface area contributed by atoms with Gasteiger partial charge in [-0.2, -0.15) is 4.80 Å². The van der Waals surface area contributed by atoms with Crippen molar-refractivity contribution in [1.82, 2.24) is 40.3 Å². The first-order valence-corrected chi connectivity index (χ1v) is 12.4. The third kappa shape index (κ3) is 7.20. The molecule has 0 bridgehead atoms. The molecule has 0 saturated carbocycles. The second kappa shape index (κ2) is 11.6. The fourth-order valence-corrected chi connectivity index (χ4v) is 4.10. The van der Waals surface area contributed by atoms with Crippen molar-refractivity contribution in [1.29, 1.82) is 0 Å². The molecule has 1 saturated heterocycles. The van der Waals surface area contributed by atoms with Gasteiger partial charge in [-0.1, -0.05) is 0 Å². The lowest BCUT2D eigenvalue weighted by Gasteiger charge is -2.35. The molecule has 1 unspecified atom stereocenters. The maximum absolute atomic E-state index is 13.8. The van der Waals surface area contributed by atoms with Crippen molar-refractivity contribution < 1.29 is 18.7 Å². The Labute approximate surface area is 216 Å². The third-order valence-corrected chi connectivity index (χ3v) is 5.85. The minimum atomic E-state index is -0.855. The Morgan fingerprint density at radius 1 is 1.14 bits per heavy atom. The van der Waals surface area contributed by atoms with Crippen LogP contribution in [0.25, 0.3) is 11.6 Å². The van der Waals surface area contributed by atoms with Crippen LogP contribution < -0.4 is 5.32 Å². The Kier molecular flexibility index (Phi) is 8.29. The summed E-state index contributed by atoms with van der Waals surface area (Å²) in [5.41, 5.74) is 0.190. The number of amides is 2. The Hall–Kier alpha value is -3.64. The van der Waals surface area contributed by atoms with Crippen molar-refractivity contribution in [3.05, 3.63) is 48.0 Å². The van der Waals surface area contributed by atoms with E-state index in [1.807, 2.05) is 33.8 Å². The van der Waals surface area contributed by atoms with Gasteiger partial charge in [0.15, 0.2) is 5.76 Å². The van der Waals surface area contributed by atoms with Crippen LogP contribution in [-0.2, 0) is 20.9 Å². The van der Waals surface area contributed by atoms with Gasteiger partial charge in [-0.05, 0) is 62.7 Å². The van der Waals surface area contributed by atoms with E-state index in [-0.39, 0.29) is 24.2 Å². The molecule has 1 fully saturated rings. The van der Waals surface area contributed by atoms with E-state index in [1.165, 1.54) is 4.80 Å². The largest absolute Gasteiger partial charge is 0.458 e. The number of aryl methyl sites for hydroxylation is 1. The first-order chi connectivity index (χ1) is 17.7. The lowest BCUT2D eigenvalue weighted by molar-refractivity contribution is -0.142. The number of furan rings is 1. The van der Waals surface area contributed by atoms with E-state index >= 15 is 0 Å². The van der Waals surface area contributed by atoms with Crippen LogP contribution >= 0.6 is 0 Å². The van der Waals surface area contributed by atoms with Crippen LogP contribution in [0.5, 0.6) is 0 Å². The monoisotopic (exact) mass is 510 g/mol. The number of rotatable bonds is 9. The number of nitrogens with one attached hydrogen (secondary N) is 1. The van der Waals surface area contributed by atoms with Crippen LogP contribution in [-0.4, -0.2) is 91.7 Å². The normalized spacial score (nSPS) is 15.4. The van der Waals surface area contributed by atoms with Gasteiger partial charge >= 0.3 is 0 Å². The Balaban J connectivity index is 1.60. The third-order valence-electron chi connectivity index (χ3n) is 5.85. The molecule has 4 heterocycles. The summed E-state index contributed by atoms with van der Waals surface area (Å²) < 4.78 is 11.0. The van der Waals surface area contributed by atoms with Crippen molar-refractivity contribution in [2.75, 3.05) is 39.4 Å². The van der Waals surface area contributed by atoms with Gasteiger partial charge in [-0.25, -0.2) is 0 Å². The van der Waals surface area contributed by atoms with E-state index in [0.717, 1.165) is 18.8 Å². The van der Waals surface area contributed by atoms with E-state index in [0.29, 0.717) is 37.6 Å². The minimum Gasteiger partial charge on any atom is -0.458 e. The molecule has 12 heteroatoms. The molecule has 2 amide bonds. The summed E-state index contributed by atoms with van der Waals surface area (Å²) in [6.07, 6.45) is 3.24. The number of hydrogen-bond donors (Lipinski definition) is 1. The van der Waals surface area contributed by atoms with Gasteiger partial charge in [0.2, 0.25) is 17.6 Å². The average molecular weight is 511 g/mol. The fraction of sp³-hybridized carbons (Fsp3) is 0.520. The summed E-state index contributed by atoms with van der Waals surface area (Å²) in [5.74, 6) is 0.907. The van der Waals surface area contributed by atoms with Crippen molar-refractivity contribution >= 4 is 11.8 Å². The zero-order valence-electron chi connectivity index (χ0n) is 21.8. The molecule has 1 atom stereocenters. The van der Waals surface area contributed by atoms with Crippen molar-refractivity contribution in [3.8, 4) is 11.6 Å². The second-order valence-electron chi connectivity index (χ2n) is 10.0. The van der Waals surface area contributed by atoms with Gasteiger partial charge in [-0.3, -0.25) is 19.5 Å². The number of nitrogens with zero attached hydrogens (tertiary/aromatic N) is 7. The van der Waals surface area contributed by atoms with Gasteiger partial charge in [0.1, 0.15) is 18.3 Å². The predicted molar refractivity (Wildman–Crippen MR) is 134 cm³/mol. The molecule has 3 aromatic rings. The van der Waals surface area contributed by atoms with Gasteiger partial charge in [-0.15, -0.1) is 10.2 Å². The summed E-state index contributed by atoms with van der Waals surface area (Å²) in [6, 6.07) is 6.22. The van der Waals surface area contributed by atoms with E-state index in [2.05, 4.69) is 30.6 Å². The second-order valence-corrected chi connectivity index (χ2v) is 10.0. The number of tetrazole rings is 1. The molecule has 0 aliphatic carbocycles. The zero-order chi connectivity index (χ0) is 26.4. The molecule has 12 nitrogen and oxygen atoms in total. The highest BCUT2D eigenvalue weighted by Crippen LogP contribution is 2.23.